The van der Waals surface area contributed by atoms with Crippen molar-refractivity contribution in [2.45, 2.75) is 6.92 Å². The summed E-state index contributed by atoms with van der Waals surface area (Å²) in [6.45, 7) is 5.30. The molecule has 0 rings (SSSR count). The van der Waals surface area contributed by atoms with E-state index >= 15 is 0 Å². The molecule has 3 heteroatoms. The molecule has 40 valence electrons. The Hall–Kier alpha value is -0.440. The fourth-order valence-electron chi connectivity index (χ4n) is 0.151. The smallest absolute Gasteiger partial charge is 0.0939 e. The monoisotopic (exact) mass is 116 g/mol. The highest BCUT2D eigenvalue weighted by molar-refractivity contribution is 8.16. The van der Waals surface area contributed by atoms with Crippen molar-refractivity contribution in [1.29, 1.82) is 0 Å². The highest BCUT2D eigenvalue weighted by Gasteiger charge is 1.80. The Labute approximate surface area is 47.5 Å². The topological polar surface area (TPSA) is 38.4 Å². The summed E-state index contributed by atoms with van der Waals surface area (Å²) in [6.07, 6.45) is 0. The zero-order chi connectivity index (χ0) is 5.70. The first-order valence-corrected chi connectivity index (χ1v) is 2.71. The first-order chi connectivity index (χ1) is 3.31. The van der Waals surface area contributed by atoms with E-state index in [0.717, 1.165) is 5.04 Å². The van der Waals surface area contributed by atoms with Crippen LogP contribution in [0.1, 0.15) is 6.92 Å². The van der Waals surface area contributed by atoms with Gasteiger partial charge in [-0.05, 0) is 12.3 Å². The van der Waals surface area contributed by atoms with Crippen molar-refractivity contribution >= 4 is 16.8 Å². The van der Waals surface area contributed by atoms with Crippen LogP contribution in [0.5, 0.6) is 0 Å². The highest BCUT2D eigenvalue weighted by atomic mass is 32.2. The number of hydrazone groups is 1. The average molecular weight is 116 g/mol. The molecule has 0 amide bonds. The van der Waals surface area contributed by atoms with Gasteiger partial charge in [0.15, 0.2) is 0 Å². The van der Waals surface area contributed by atoms with Crippen molar-refractivity contribution in [3.8, 4) is 0 Å². The molecule has 0 radical (unpaired) electrons. The van der Waals surface area contributed by atoms with Crippen LogP contribution in [0.15, 0.2) is 17.1 Å². The molecule has 2 nitrogen and oxygen atoms in total. The molecule has 0 fully saturated rings. The van der Waals surface area contributed by atoms with Crippen LogP contribution in [0.3, 0.4) is 0 Å². The van der Waals surface area contributed by atoms with Crippen LogP contribution < -0.4 is 5.84 Å². The molecule has 0 aromatic carbocycles. The number of hydrogen-bond acceptors (Lipinski definition) is 3. The Morgan fingerprint density at radius 2 is 2.57 bits per heavy atom. The second-order valence-corrected chi connectivity index (χ2v) is 2.09. The van der Waals surface area contributed by atoms with E-state index in [1.54, 1.807) is 5.41 Å². The Kier molecular flexibility index (Phi) is 3.50. The second-order valence-electron chi connectivity index (χ2n) is 0.933. The number of nitrogens with two attached hydrogens (primary N) is 1. The lowest BCUT2D eigenvalue weighted by Gasteiger charge is -1.85. The first kappa shape index (κ1) is 6.56. The summed E-state index contributed by atoms with van der Waals surface area (Å²) in [5.41, 5.74) is 0. The second kappa shape index (κ2) is 3.74. The predicted octanol–water partition coefficient (Wildman–Crippen LogP) is 1.16. The van der Waals surface area contributed by atoms with E-state index in [9.17, 15) is 0 Å². The summed E-state index contributed by atoms with van der Waals surface area (Å²) >= 11 is 1.42. The van der Waals surface area contributed by atoms with E-state index in [1.165, 1.54) is 11.8 Å². The Morgan fingerprint density at radius 1 is 2.00 bits per heavy atom. The summed E-state index contributed by atoms with van der Waals surface area (Å²) in [7, 11) is 0. The molecule has 0 saturated carbocycles. The number of hydrogen-bond donors (Lipinski definition) is 1. The standard InChI is InChI=1S/C4H8N2S/c1-3-7-4(2)6-5/h3H,1,5H2,2H3. The van der Waals surface area contributed by atoms with Gasteiger partial charge in [0.1, 0.15) is 0 Å². The number of thioether (sulfide) groups is 1. The Bertz CT molecular complexity index is 87.7. The first-order valence-electron chi connectivity index (χ1n) is 1.83. The number of rotatable bonds is 1. The van der Waals surface area contributed by atoms with E-state index in [2.05, 4.69) is 11.7 Å². The molecule has 0 aromatic rings. The van der Waals surface area contributed by atoms with Crippen LogP contribution in [0.25, 0.3) is 0 Å². The van der Waals surface area contributed by atoms with Crippen LogP contribution in [-0.4, -0.2) is 5.04 Å². The van der Waals surface area contributed by atoms with Crippen LogP contribution in [0.2, 0.25) is 0 Å². The Balaban J connectivity index is 3.36. The molecular weight excluding hydrogens is 108 g/mol. The molecule has 0 atom stereocenters. The molecular formula is C4H8N2S. The van der Waals surface area contributed by atoms with E-state index in [0.29, 0.717) is 0 Å². The van der Waals surface area contributed by atoms with Crippen molar-refractivity contribution in [3.63, 3.8) is 0 Å². The van der Waals surface area contributed by atoms with Crippen LogP contribution in [0.4, 0.5) is 0 Å². The lowest BCUT2D eigenvalue weighted by atomic mass is 10.9. The van der Waals surface area contributed by atoms with Crippen LogP contribution >= 0.6 is 11.8 Å². The van der Waals surface area contributed by atoms with Gasteiger partial charge in [-0.3, -0.25) is 0 Å². The van der Waals surface area contributed by atoms with E-state index in [-0.39, 0.29) is 0 Å². The summed E-state index contributed by atoms with van der Waals surface area (Å²) in [5.74, 6) is 4.88. The third-order valence-electron chi connectivity index (χ3n) is 0.436. The van der Waals surface area contributed by atoms with Gasteiger partial charge < -0.3 is 5.84 Å². The van der Waals surface area contributed by atoms with Crippen LogP contribution in [-0.2, 0) is 0 Å². The summed E-state index contributed by atoms with van der Waals surface area (Å²) in [5, 5.41) is 5.90. The molecule has 7 heavy (non-hydrogen) atoms. The molecule has 0 saturated heterocycles. The van der Waals surface area contributed by atoms with Gasteiger partial charge in [-0.15, -0.1) is 0 Å². The minimum Gasteiger partial charge on any atom is -0.323 e. The minimum absolute atomic E-state index is 0.829. The number of nitrogens with zero attached hydrogens (tertiary/aromatic N) is 1. The third-order valence-corrected chi connectivity index (χ3v) is 1.05. The molecule has 0 aliphatic carbocycles. The van der Waals surface area contributed by atoms with Gasteiger partial charge in [0.2, 0.25) is 0 Å². The molecule has 0 heterocycles. The van der Waals surface area contributed by atoms with Gasteiger partial charge in [-0.2, -0.15) is 5.10 Å². The third kappa shape index (κ3) is 3.39. The lowest BCUT2D eigenvalue weighted by molar-refractivity contribution is 1.26. The van der Waals surface area contributed by atoms with E-state index in [1.807, 2.05) is 6.92 Å². The highest BCUT2D eigenvalue weighted by Crippen LogP contribution is 2.00. The molecule has 0 bridgehead atoms. The zero-order valence-electron chi connectivity index (χ0n) is 4.22. The van der Waals surface area contributed by atoms with Gasteiger partial charge in [-0.25, -0.2) is 0 Å². The molecule has 0 aliphatic heterocycles. The summed E-state index contributed by atoms with van der Waals surface area (Å²) in [4.78, 5) is 0. The SMILES string of the molecule is C=CSC(C)=NN. The quantitative estimate of drug-likeness (QED) is 0.241. The van der Waals surface area contributed by atoms with Crippen LogP contribution in [0, 0.1) is 0 Å². The Morgan fingerprint density at radius 3 is 2.71 bits per heavy atom. The predicted molar refractivity (Wildman–Crippen MR) is 35.1 cm³/mol. The fourth-order valence-corrected chi connectivity index (χ4v) is 0.453. The van der Waals surface area contributed by atoms with Gasteiger partial charge in [0, 0.05) is 0 Å². The minimum atomic E-state index is 0.829. The molecule has 0 aliphatic rings. The van der Waals surface area contributed by atoms with Crippen molar-refractivity contribution < 1.29 is 0 Å². The molecule has 2 N–H and O–H groups in total. The van der Waals surface area contributed by atoms with Crippen molar-refractivity contribution in [3.05, 3.63) is 12.0 Å². The average Bonchev–Trinajstić information content (AvgIpc) is 1.68. The van der Waals surface area contributed by atoms with Gasteiger partial charge in [0.05, 0.1) is 5.04 Å². The van der Waals surface area contributed by atoms with Gasteiger partial charge >= 0.3 is 0 Å². The van der Waals surface area contributed by atoms with Crippen molar-refractivity contribution in [1.82, 2.24) is 0 Å². The van der Waals surface area contributed by atoms with E-state index < -0.39 is 0 Å². The normalized spacial score (nSPS) is 11.3. The zero-order valence-corrected chi connectivity index (χ0v) is 5.03. The van der Waals surface area contributed by atoms with Gasteiger partial charge in [-0.1, -0.05) is 18.3 Å². The van der Waals surface area contributed by atoms with Crippen molar-refractivity contribution in [2.75, 3.05) is 0 Å². The molecule has 0 unspecified atom stereocenters. The lowest BCUT2D eigenvalue weighted by Crippen LogP contribution is -1.86. The maximum absolute atomic E-state index is 4.88. The van der Waals surface area contributed by atoms with Gasteiger partial charge in [0.25, 0.3) is 0 Å². The molecule has 0 aromatic heterocycles. The largest absolute Gasteiger partial charge is 0.323 e. The van der Waals surface area contributed by atoms with Crippen molar-refractivity contribution in [2.24, 2.45) is 10.9 Å². The summed E-state index contributed by atoms with van der Waals surface area (Å²) in [6, 6.07) is 0. The maximum Gasteiger partial charge on any atom is 0.0939 e. The van der Waals surface area contributed by atoms with E-state index in [4.69, 9.17) is 5.84 Å². The maximum atomic E-state index is 4.88. The fraction of sp³-hybridized carbons (Fsp3) is 0.250. The molecule has 0 spiro atoms. The summed E-state index contributed by atoms with van der Waals surface area (Å²) < 4.78 is 0.